The van der Waals surface area contributed by atoms with Gasteiger partial charge in [-0.25, -0.2) is 0 Å². The molecule has 0 N–H and O–H groups in total. The lowest BCUT2D eigenvalue weighted by molar-refractivity contribution is 0.0595. The van der Waals surface area contributed by atoms with E-state index in [4.69, 9.17) is 9.15 Å². The van der Waals surface area contributed by atoms with Crippen molar-refractivity contribution >= 4 is 11.8 Å². The number of hydrogen-bond donors (Lipinski definition) is 0. The molecular weight excluding hydrogens is 234 g/mol. The van der Waals surface area contributed by atoms with Gasteiger partial charge < -0.3 is 9.15 Å². The van der Waals surface area contributed by atoms with Crippen molar-refractivity contribution in [3.05, 3.63) is 23.7 Å². The fourth-order valence-corrected chi connectivity index (χ4v) is 4.49. The maximum Gasteiger partial charge on any atom is 0.118 e. The molecule has 0 radical (unpaired) electrons. The Morgan fingerprint density at radius 1 is 1.53 bits per heavy atom. The normalized spacial score (nSPS) is 27.5. The molecule has 4 heteroatoms. The molecule has 2 fully saturated rings. The fourth-order valence-electron chi connectivity index (χ4n) is 2.85. The lowest BCUT2D eigenvalue weighted by atomic mass is 9.93. The molecule has 94 valence electrons. The molecule has 1 spiro atoms. The van der Waals surface area contributed by atoms with Crippen LogP contribution in [-0.2, 0) is 11.3 Å². The second-order valence-corrected chi connectivity index (χ2v) is 6.70. The highest BCUT2D eigenvalue weighted by atomic mass is 32.2. The minimum Gasteiger partial charge on any atom is -0.465 e. The van der Waals surface area contributed by atoms with Crippen molar-refractivity contribution in [2.45, 2.75) is 30.7 Å². The number of ether oxygens (including phenoxy) is 1. The Labute approximate surface area is 106 Å². The standard InChI is InChI=1S/C13H19NO2S/c1-10-3-4-11(16-10)6-14-8-13(9-14)5-12(15-2)7-17-13/h3-4,12H,5-9H2,1-2H3/t12-/m0/s1. The molecule has 1 aromatic heterocycles. The zero-order valence-corrected chi connectivity index (χ0v) is 11.3. The van der Waals surface area contributed by atoms with Crippen molar-refractivity contribution in [2.75, 3.05) is 26.0 Å². The van der Waals surface area contributed by atoms with Crippen LogP contribution < -0.4 is 0 Å². The third-order valence-electron chi connectivity index (χ3n) is 3.71. The first-order valence-electron chi connectivity index (χ1n) is 6.14. The van der Waals surface area contributed by atoms with Crippen LogP contribution in [0.4, 0.5) is 0 Å². The van der Waals surface area contributed by atoms with Gasteiger partial charge in [0.1, 0.15) is 11.5 Å². The first kappa shape index (κ1) is 11.6. The fraction of sp³-hybridized carbons (Fsp3) is 0.692. The van der Waals surface area contributed by atoms with Crippen LogP contribution in [0.5, 0.6) is 0 Å². The molecule has 0 bridgehead atoms. The highest BCUT2D eigenvalue weighted by Gasteiger charge is 2.49. The van der Waals surface area contributed by atoms with E-state index in [1.165, 1.54) is 19.5 Å². The van der Waals surface area contributed by atoms with Crippen LogP contribution in [0.25, 0.3) is 0 Å². The predicted octanol–water partition coefficient (Wildman–Crippen LogP) is 2.29. The number of nitrogens with zero attached hydrogens (tertiary/aromatic N) is 1. The van der Waals surface area contributed by atoms with E-state index in [0.29, 0.717) is 10.9 Å². The quantitative estimate of drug-likeness (QED) is 0.825. The van der Waals surface area contributed by atoms with Gasteiger partial charge in [0.25, 0.3) is 0 Å². The minimum absolute atomic E-state index is 0.466. The lowest BCUT2D eigenvalue weighted by Crippen LogP contribution is -2.58. The van der Waals surface area contributed by atoms with Gasteiger partial charge >= 0.3 is 0 Å². The molecule has 1 aromatic rings. The highest BCUT2D eigenvalue weighted by molar-refractivity contribution is 8.01. The summed E-state index contributed by atoms with van der Waals surface area (Å²) in [5.41, 5.74) is 0. The summed E-state index contributed by atoms with van der Waals surface area (Å²) in [5, 5.41) is 0. The lowest BCUT2D eigenvalue weighted by Gasteiger charge is -2.47. The Bertz CT molecular complexity index is 398. The number of aryl methyl sites for hydroxylation is 1. The van der Waals surface area contributed by atoms with Crippen LogP contribution >= 0.6 is 11.8 Å². The summed E-state index contributed by atoms with van der Waals surface area (Å²) >= 11 is 2.09. The molecule has 2 saturated heterocycles. The molecule has 0 saturated carbocycles. The molecule has 0 unspecified atom stereocenters. The summed E-state index contributed by atoms with van der Waals surface area (Å²) in [7, 11) is 1.83. The van der Waals surface area contributed by atoms with E-state index in [2.05, 4.69) is 22.7 Å². The number of likely N-dealkylation sites (tertiary alicyclic amines) is 1. The van der Waals surface area contributed by atoms with Crippen molar-refractivity contribution in [2.24, 2.45) is 0 Å². The Morgan fingerprint density at radius 3 is 2.94 bits per heavy atom. The molecule has 0 aliphatic carbocycles. The average Bonchev–Trinajstić information content (AvgIpc) is 2.85. The van der Waals surface area contributed by atoms with Crippen LogP contribution in [0.1, 0.15) is 17.9 Å². The molecule has 17 heavy (non-hydrogen) atoms. The van der Waals surface area contributed by atoms with Crippen molar-refractivity contribution in [1.29, 1.82) is 0 Å². The summed E-state index contributed by atoms with van der Waals surface area (Å²) in [6, 6.07) is 4.12. The summed E-state index contributed by atoms with van der Waals surface area (Å²) in [6.45, 7) is 5.31. The van der Waals surface area contributed by atoms with E-state index < -0.39 is 0 Å². The van der Waals surface area contributed by atoms with Crippen molar-refractivity contribution in [3.63, 3.8) is 0 Å². The maximum absolute atomic E-state index is 5.61. The Balaban J connectivity index is 1.52. The maximum atomic E-state index is 5.61. The molecule has 3 nitrogen and oxygen atoms in total. The zero-order valence-electron chi connectivity index (χ0n) is 10.4. The SMILES string of the molecule is CO[C@@H]1CSC2(C1)CN(Cc1ccc(C)o1)C2. The molecule has 2 aliphatic rings. The predicted molar refractivity (Wildman–Crippen MR) is 69.3 cm³/mol. The topological polar surface area (TPSA) is 25.6 Å². The summed E-state index contributed by atoms with van der Waals surface area (Å²) in [6.07, 6.45) is 1.68. The molecule has 0 aromatic carbocycles. The van der Waals surface area contributed by atoms with E-state index in [-0.39, 0.29) is 0 Å². The highest BCUT2D eigenvalue weighted by Crippen LogP contribution is 2.46. The second-order valence-electron chi connectivity index (χ2n) is 5.21. The minimum atomic E-state index is 0.466. The number of thioether (sulfide) groups is 1. The Morgan fingerprint density at radius 2 is 2.35 bits per heavy atom. The van der Waals surface area contributed by atoms with Gasteiger partial charge in [0, 0.05) is 30.7 Å². The van der Waals surface area contributed by atoms with Gasteiger partial charge in [0.05, 0.1) is 12.6 Å². The third-order valence-corrected chi connectivity index (χ3v) is 5.28. The smallest absolute Gasteiger partial charge is 0.118 e. The molecule has 2 aliphatic heterocycles. The third kappa shape index (κ3) is 2.26. The summed E-state index contributed by atoms with van der Waals surface area (Å²) in [5.74, 6) is 3.25. The van der Waals surface area contributed by atoms with E-state index in [1.54, 1.807) is 0 Å². The van der Waals surface area contributed by atoms with Crippen LogP contribution in [0, 0.1) is 6.92 Å². The number of rotatable bonds is 3. The van der Waals surface area contributed by atoms with Gasteiger partial charge in [-0.15, -0.1) is 11.8 Å². The molecule has 0 amide bonds. The summed E-state index contributed by atoms with van der Waals surface area (Å²) < 4.78 is 11.5. The first-order valence-corrected chi connectivity index (χ1v) is 7.12. The van der Waals surface area contributed by atoms with E-state index in [1.807, 2.05) is 20.1 Å². The van der Waals surface area contributed by atoms with E-state index in [0.717, 1.165) is 23.8 Å². The average molecular weight is 253 g/mol. The number of furan rings is 1. The monoisotopic (exact) mass is 253 g/mol. The van der Waals surface area contributed by atoms with Gasteiger partial charge in [0.2, 0.25) is 0 Å². The Hall–Kier alpha value is -0.450. The van der Waals surface area contributed by atoms with Gasteiger partial charge in [-0.1, -0.05) is 0 Å². The van der Waals surface area contributed by atoms with Crippen LogP contribution in [0.15, 0.2) is 16.5 Å². The molecule has 1 atom stereocenters. The molecule has 3 rings (SSSR count). The van der Waals surface area contributed by atoms with Gasteiger partial charge in [-0.05, 0) is 25.5 Å². The van der Waals surface area contributed by atoms with E-state index in [9.17, 15) is 0 Å². The zero-order chi connectivity index (χ0) is 11.9. The van der Waals surface area contributed by atoms with Gasteiger partial charge in [-0.2, -0.15) is 0 Å². The van der Waals surface area contributed by atoms with Gasteiger partial charge in [0.15, 0.2) is 0 Å². The molecule has 3 heterocycles. The summed E-state index contributed by atoms with van der Waals surface area (Å²) in [4.78, 5) is 2.46. The van der Waals surface area contributed by atoms with Gasteiger partial charge in [-0.3, -0.25) is 4.90 Å². The van der Waals surface area contributed by atoms with Crippen LogP contribution in [0.3, 0.4) is 0 Å². The van der Waals surface area contributed by atoms with E-state index >= 15 is 0 Å². The Kier molecular flexibility index (Phi) is 2.97. The van der Waals surface area contributed by atoms with Crippen molar-refractivity contribution in [3.8, 4) is 0 Å². The van der Waals surface area contributed by atoms with Crippen molar-refractivity contribution < 1.29 is 9.15 Å². The molecular formula is C13H19NO2S. The second kappa shape index (κ2) is 4.34. The number of methoxy groups -OCH3 is 1. The van der Waals surface area contributed by atoms with Crippen LogP contribution in [-0.4, -0.2) is 41.7 Å². The number of hydrogen-bond acceptors (Lipinski definition) is 4. The largest absolute Gasteiger partial charge is 0.465 e. The first-order chi connectivity index (χ1) is 8.19. The van der Waals surface area contributed by atoms with Crippen LogP contribution in [0.2, 0.25) is 0 Å². The van der Waals surface area contributed by atoms with Crippen molar-refractivity contribution in [1.82, 2.24) is 4.90 Å².